The van der Waals surface area contributed by atoms with Crippen molar-refractivity contribution in [3.63, 3.8) is 0 Å². The number of carbonyl (C=O) groups excluding carboxylic acids is 1. The summed E-state index contributed by atoms with van der Waals surface area (Å²) in [7, 11) is 0. The van der Waals surface area contributed by atoms with Gasteiger partial charge in [-0.25, -0.2) is 4.98 Å². The van der Waals surface area contributed by atoms with Crippen LogP contribution in [-0.2, 0) is 10.9 Å². The smallest absolute Gasteiger partial charge is 0.370 e. The second-order valence-corrected chi connectivity index (χ2v) is 7.65. The molecule has 3 heterocycles. The topological polar surface area (TPSA) is 45.7 Å². The molecule has 0 N–H and O–H groups in total. The maximum atomic E-state index is 13.1. The van der Waals surface area contributed by atoms with Gasteiger partial charge in [0.25, 0.3) is 5.91 Å². The third kappa shape index (κ3) is 4.43. The average molecular weight is 419 g/mol. The van der Waals surface area contributed by atoms with E-state index in [9.17, 15) is 18.0 Å². The largest absolute Gasteiger partial charge is 0.416 e. The maximum absolute atomic E-state index is 13.1. The molecule has 5 nitrogen and oxygen atoms in total. The third-order valence-electron chi connectivity index (χ3n) is 5.64. The maximum Gasteiger partial charge on any atom is 0.416 e. The fourth-order valence-electron chi connectivity index (χ4n) is 4.01. The quantitative estimate of drug-likeness (QED) is 0.744. The number of hydrogen-bond donors (Lipinski definition) is 0. The summed E-state index contributed by atoms with van der Waals surface area (Å²) >= 11 is 0. The van der Waals surface area contributed by atoms with Gasteiger partial charge in [0.1, 0.15) is 11.9 Å². The molecule has 2 fully saturated rings. The number of anilines is 1. The van der Waals surface area contributed by atoms with Crippen LogP contribution in [0.1, 0.15) is 46.9 Å². The van der Waals surface area contributed by atoms with Gasteiger partial charge in [-0.2, -0.15) is 13.2 Å². The molecule has 4 rings (SSSR count). The Hall–Kier alpha value is -2.61. The molecule has 1 aromatic carbocycles. The number of benzene rings is 1. The number of carbonyl (C=O) groups is 1. The molecule has 1 unspecified atom stereocenters. The van der Waals surface area contributed by atoms with Crippen molar-refractivity contribution < 1.29 is 22.7 Å². The van der Waals surface area contributed by atoms with E-state index in [2.05, 4.69) is 4.98 Å². The van der Waals surface area contributed by atoms with Gasteiger partial charge in [0.05, 0.1) is 17.7 Å². The molecular weight excluding hydrogens is 395 g/mol. The van der Waals surface area contributed by atoms with Gasteiger partial charge in [-0.3, -0.25) is 4.79 Å². The predicted molar refractivity (Wildman–Crippen MR) is 106 cm³/mol. The monoisotopic (exact) mass is 419 g/mol. The van der Waals surface area contributed by atoms with Crippen LogP contribution in [0, 0.1) is 0 Å². The highest BCUT2D eigenvalue weighted by molar-refractivity contribution is 5.99. The van der Waals surface area contributed by atoms with Crippen molar-refractivity contribution in [3.05, 3.63) is 59.3 Å². The van der Waals surface area contributed by atoms with Crippen molar-refractivity contribution in [2.45, 2.75) is 31.5 Å². The third-order valence-corrected chi connectivity index (χ3v) is 5.64. The van der Waals surface area contributed by atoms with E-state index < -0.39 is 11.7 Å². The van der Waals surface area contributed by atoms with Crippen LogP contribution in [0.15, 0.2) is 42.6 Å². The predicted octanol–water partition coefficient (Wildman–Crippen LogP) is 4.30. The number of pyridine rings is 1. The molecule has 2 aliphatic rings. The van der Waals surface area contributed by atoms with E-state index in [1.165, 1.54) is 12.1 Å². The van der Waals surface area contributed by atoms with Crippen molar-refractivity contribution >= 4 is 11.7 Å². The molecule has 8 heteroatoms. The molecule has 2 aromatic rings. The minimum atomic E-state index is -4.37. The Morgan fingerprint density at radius 3 is 2.47 bits per heavy atom. The molecular formula is C22H24F3N3O2. The number of morpholine rings is 1. The number of rotatable bonds is 3. The summed E-state index contributed by atoms with van der Waals surface area (Å²) in [6.45, 7) is 2.89. The molecule has 0 radical (unpaired) electrons. The van der Waals surface area contributed by atoms with Gasteiger partial charge < -0.3 is 14.5 Å². The number of aromatic nitrogens is 1. The summed E-state index contributed by atoms with van der Waals surface area (Å²) in [6.07, 6.45) is 0.0627. The highest BCUT2D eigenvalue weighted by Crippen LogP contribution is 2.32. The Morgan fingerprint density at radius 1 is 1.03 bits per heavy atom. The summed E-state index contributed by atoms with van der Waals surface area (Å²) in [6, 6.07) is 8.61. The number of amides is 1. The number of nitrogens with zero attached hydrogens (tertiary/aromatic N) is 3. The summed E-state index contributed by atoms with van der Waals surface area (Å²) < 4.78 is 44.3. The van der Waals surface area contributed by atoms with E-state index in [4.69, 9.17) is 4.74 Å². The van der Waals surface area contributed by atoms with E-state index >= 15 is 0 Å². The van der Waals surface area contributed by atoms with Crippen LogP contribution in [0.3, 0.4) is 0 Å². The molecule has 30 heavy (non-hydrogen) atoms. The average Bonchev–Trinajstić information content (AvgIpc) is 2.79. The zero-order chi connectivity index (χ0) is 21.1. The highest BCUT2D eigenvalue weighted by atomic mass is 19.4. The van der Waals surface area contributed by atoms with Crippen LogP contribution in [0.4, 0.5) is 19.0 Å². The van der Waals surface area contributed by atoms with E-state index in [0.717, 1.165) is 44.5 Å². The van der Waals surface area contributed by atoms with E-state index in [-0.39, 0.29) is 12.0 Å². The minimum absolute atomic E-state index is 0.0182. The highest BCUT2D eigenvalue weighted by Gasteiger charge is 2.31. The first-order valence-electron chi connectivity index (χ1n) is 10.2. The first-order chi connectivity index (χ1) is 14.4. The minimum Gasteiger partial charge on any atom is -0.370 e. The molecule has 2 saturated heterocycles. The van der Waals surface area contributed by atoms with Crippen LogP contribution in [0.25, 0.3) is 0 Å². The Labute approximate surface area is 173 Å². The van der Waals surface area contributed by atoms with Crippen molar-refractivity contribution in [3.8, 4) is 0 Å². The fraction of sp³-hybridized carbons (Fsp3) is 0.455. The fourth-order valence-corrected chi connectivity index (χ4v) is 4.01. The normalized spacial score (nSPS) is 20.3. The number of alkyl halides is 3. The van der Waals surface area contributed by atoms with Gasteiger partial charge in [0, 0.05) is 32.4 Å². The van der Waals surface area contributed by atoms with Crippen molar-refractivity contribution in [2.75, 3.05) is 37.7 Å². The van der Waals surface area contributed by atoms with Crippen molar-refractivity contribution in [2.24, 2.45) is 0 Å². The van der Waals surface area contributed by atoms with Crippen molar-refractivity contribution in [1.29, 1.82) is 0 Å². The van der Waals surface area contributed by atoms with Crippen LogP contribution in [0.2, 0.25) is 0 Å². The lowest BCUT2D eigenvalue weighted by Gasteiger charge is -2.35. The van der Waals surface area contributed by atoms with Crippen LogP contribution in [0.5, 0.6) is 0 Å². The van der Waals surface area contributed by atoms with Gasteiger partial charge in [-0.1, -0.05) is 12.1 Å². The summed E-state index contributed by atoms with van der Waals surface area (Å²) in [5.41, 5.74) is 0.554. The Kier molecular flexibility index (Phi) is 5.94. The first kappa shape index (κ1) is 20.7. The Bertz CT molecular complexity index is 880. The molecule has 0 bridgehead atoms. The van der Waals surface area contributed by atoms with Crippen LogP contribution in [-0.4, -0.2) is 48.6 Å². The van der Waals surface area contributed by atoms with E-state index in [1.807, 2.05) is 9.80 Å². The zero-order valence-electron chi connectivity index (χ0n) is 16.6. The number of halogens is 3. The second kappa shape index (κ2) is 8.63. The van der Waals surface area contributed by atoms with Gasteiger partial charge in [-0.05, 0) is 49.1 Å². The van der Waals surface area contributed by atoms with E-state index in [0.29, 0.717) is 36.6 Å². The lowest BCUT2D eigenvalue weighted by atomic mass is 10.0. The Morgan fingerprint density at radius 2 is 1.77 bits per heavy atom. The van der Waals surface area contributed by atoms with Gasteiger partial charge >= 0.3 is 6.18 Å². The molecule has 1 aromatic heterocycles. The molecule has 1 atom stereocenters. The molecule has 160 valence electrons. The molecule has 0 saturated carbocycles. The van der Waals surface area contributed by atoms with Crippen LogP contribution >= 0.6 is 0 Å². The number of ether oxygens (including phenoxy) is 1. The lowest BCUT2D eigenvalue weighted by molar-refractivity contribution is -0.137. The zero-order valence-corrected chi connectivity index (χ0v) is 16.6. The van der Waals surface area contributed by atoms with E-state index in [1.54, 1.807) is 18.3 Å². The van der Waals surface area contributed by atoms with Gasteiger partial charge in [0.15, 0.2) is 0 Å². The molecule has 1 amide bonds. The summed E-state index contributed by atoms with van der Waals surface area (Å²) in [5.74, 6) is 0.587. The summed E-state index contributed by atoms with van der Waals surface area (Å²) in [5, 5.41) is 0. The summed E-state index contributed by atoms with van der Waals surface area (Å²) in [4.78, 5) is 21.4. The molecule has 0 spiro atoms. The SMILES string of the molecule is O=C(c1cccnc1N1CCOC(c2ccc(C(F)(F)F)cc2)C1)N1CCCCC1. The molecule has 2 aliphatic heterocycles. The van der Waals surface area contributed by atoms with Gasteiger partial charge in [0.2, 0.25) is 0 Å². The first-order valence-corrected chi connectivity index (χ1v) is 10.2. The Balaban J connectivity index is 1.53. The number of hydrogen-bond acceptors (Lipinski definition) is 4. The van der Waals surface area contributed by atoms with Gasteiger partial charge in [-0.15, -0.1) is 0 Å². The standard InChI is InChI=1S/C22H24F3N3O2/c23-22(24,25)17-8-6-16(7-9-17)19-15-28(13-14-30-19)20-18(5-4-10-26-20)21(29)27-11-2-1-3-12-27/h4-10,19H,1-3,11-15H2. The number of piperidine rings is 1. The number of likely N-dealkylation sites (tertiary alicyclic amines) is 1. The lowest BCUT2D eigenvalue weighted by Crippen LogP contribution is -2.41. The molecule has 0 aliphatic carbocycles. The van der Waals surface area contributed by atoms with Crippen molar-refractivity contribution in [1.82, 2.24) is 9.88 Å². The second-order valence-electron chi connectivity index (χ2n) is 7.65. The van der Waals surface area contributed by atoms with Crippen LogP contribution < -0.4 is 4.90 Å².